The Morgan fingerprint density at radius 2 is 1.50 bits per heavy atom. The van der Waals surface area contributed by atoms with Crippen molar-refractivity contribution >= 4 is 11.2 Å². The Kier molecular flexibility index (Phi) is 0.353. The molecule has 0 saturated heterocycles. The van der Waals surface area contributed by atoms with Crippen molar-refractivity contribution in [2.45, 2.75) is 0 Å². The van der Waals surface area contributed by atoms with Crippen molar-refractivity contribution in [2.24, 2.45) is 0 Å². The van der Waals surface area contributed by atoms with E-state index >= 15 is 0 Å². The highest BCUT2D eigenvalue weighted by atomic mass is 16.6. The average molecular weight is 112 g/mol. The largest absolute Gasteiger partial charge is 0.519 e. The van der Waals surface area contributed by atoms with Gasteiger partial charge in [-0.3, -0.25) is 4.79 Å². The standard InChI is InChI=1S/C4O4/c5-1-2-3(1)8-4(6)7-2. The summed E-state index contributed by atoms with van der Waals surface area (Å²) in [5.74, 6) is -0.797. The lowest BCUT2D eigenvalue weighted by Gasteiger charge is -1.56. The predicted molar refractivity (Wildman–Crippen MR) is 23.4 cm³/mol. The van der Waals surface area contributed by atoms with Gasteiger partial charge in [-0.15, -0.1) is 0 Å². The van der Waals surface area contributed by atoms with Gasteiger partial charge in [0, 0.05) is 0 Å². The molecule has 0 bridgehead atoms. The Labute approximate surface area is 42.0 Å². The molecule has 0 spiro atoms. The number of fused-ring (bicyclic) bond motifs is 1. The van der Waals surface area contributed by atoms with E-state index in [1.807, 2.05) is 0 Å². The molecule has 0 unspecified atom stereocenters. The van der Waals surface area contributed by atoms with E-state index in [1.165, 1.54) is 0 Å². The van der Waals surface area contributed by atoms with Crippen molar-refractivity contribution in [3.05, 3.63) is 20.8 Å². The van der Waals surface area contributed by atoms with Crippen LogP contribution in [0.3, 0.4) is 0 Å². The van der Waals surface area contributed by atoms with Crippen LogP contribution in [0.5, 0.6) is 0 Å². The van der Waals surface area contributed by atoms with Crippen LogP contribution in [0.4, 0.5) is 0 Å². The quantitative estimate of drug-likeness (QED) is 0.466. The molecule has 4 heteroatoms. The molecule has 1 aromatic carbocycles. The number of hydrogen-bond donors (Lipinski definition) is 0. The third-order valence-corrected chi connectivity index (χ3v) is 0.927. The SMILES string of the molecule is O=c1oc2c(=O)c2o1. The van der Waals surface area contributed by atoms with Crippen molar-refractivity contribution in [3.8, 4) is 0 Å². The zero-order valence-electron chi connectivity index (χ0n) is 3.63. The van der Waals surface area contributed by atoms with E-state index in [9.17, 15) is 9.59 Å². The molecule has 8 heavy (non-hydrogen) atoms. The topological polar surface area (TPSA) is 60.4 Å². The van der Waals surface area contributed by atoms with Gasteiger partial charge in [0.25, 0.3) is 5.43 Å². The molecular formula is C4O4. The zero-order chi connectivity index (χ0) is 5.72. The van der Waals surface area contributed by atoms with E-state index in [4.69, 9.17) is 0 Å². The Morgan fingerprint density at radius 1 is 1.00 bits per heavy atom. The molecule has 1 heterocycles. The highest BCUT2D eigenvalue weighted by Gasteiger charge is 2.21. The maximum Gasteiger partial charge on any atom is 0.519 e. The summed E-state index contributed by atoms with van der Waals surface area (Å²) in [6, 6.07) is 0. The lowest BCUT2D eigenvalue weighted by atomic mass is 11.1. The minimum atomic E-state index is -0.797. The van der Waals surface area contributed by atoms with Crippen LogP contribution in [-0.4, -0.2) is 0 Å². The fourth-order valence-corrected chi connectivity index (χ4v) is 0.512. The Morgan fingerprint density at radius 3 is 1.88 bits per heavy atom. The summed E-state index contributed by atoms with van der Waals surface area (Å²) in [5.41, 5.74) is -0.130. The van der Waals surface area contributed by atoms with E-state index in [1.54, 1.807) is 0 Å². The van der Waals surface area contributed by atoms with Crippen LogP contribution in [0.2, 0.25) is 0 Å². The normalized spacial score (nSPS) is 11.5. The summed E-state index contributed by atoms with van der Waals surface area (Å²) in [7, 11) is 0. The fraction of sp³-hybridized carbons (Fsp3) is 0. The van der Waals surface area contributed by atoms with E-state index in [2.05, 4.69) is 8.83 Å². The van der Waals surface area contributed by atoms with Gasteiger partial charge in [0.1, 0.15) is 0 Å². The monoisotopic (exact) mass is 112 g/mol. The number of hydrogen-bond acceptors (Lipinski definition) is 4. The molecule has 0 amide bonds. The predicted octanol–water partition coefficient (Wildman–Crippen LogP) is -0.378. The van der Waals surface area contributed by atoms with Gasteiger partial charge in [-0.25, -0.2) is 4.79 Å². The fourth-order valence-electron chi connectivity index (χ4n) is 0.512. The summed E-state index contributed by atoms with van der Waals surface area (Å²) in [5, 5.41) is 0. The number of rotatable bonds is 0. The van der Waals surface area contributed by atoms with Crippen molar-refractivity contribution in [2.75, 3.05) is 0 Å². The summed E-state index contributed by atoms with van der Waals surface area (Å²) < 4.78 is 8.43. The second-order valence-electron chi connectivity index (χ2n) is 1.44. The molecule has 0 aliphatic rings. The zero-order valence-corrected chi connectivity index (χ0v) is 3.63. The van der Waals surface area contributed by atoms with Crippen molar-refractivity contribution in [1.29, 1.82) is 0 Å². The first kappa shape index (κ1) is 3.65. The van der Waals surface area contributed by atoms with Crippen molar-refractivity contribution < 1.29 is 8.83 Å². The lowest BCUT2D eigenvalue weighted by molar-refractivity contribution is 0.401. The highest BCUT2D eigenvalue weighted by molar-refractivity contribution is 5.85. The summed E-state index contributed by atoms with van der Waals surface area (Å²) in [6.45, 7) is 0. The van der Waals surface area contributed by atoms with Gasteiger partial charge in [0.15, 0.2) is 0 Å². The Balaban J connectivity index is 3.13. The maximum atomic E-state index is 10.2. The molecule has 1 aromatic heterocycles. The Bertz CT molecular complexity index is 346. The average Bonchev–Trinajstić information content (AvgIpc) is 2.29. The smallest absolute Gasteiger partial charge is 0.386 e. The van der Waals surface area contributed by atoms with Crippen LogP contribution in [0, 0.1) is 0 Å². The molecule has 4 nitrogen and oxygen atoms in total. The second kappa shape index (κ2) is 0.774. The van der Waals surface area contributed by atoms with Crippen molar-refractivity contribution in [3.63, 3.8) is 0 Å². The summed E-state index contributed by atoms with van der Waals surface area (Å²) in [4.78, 5) is 20.2. The third-order valence-electron chi connectivity index (χ3n) is 0.927. The maximum absolute atomic E-state index is 10.2. The summed E-state index contributed by atoms with van der Waals surface area (Å²) >= 11 is 0. The van der Waals surface area contributed by atoms with Crippen LogP contribution in [0.1, 0.15) is 0 Å². The summed E-state index contributed by atoms with van der Waals surface area (Å²) in [6.07, 6.45) is 0. The molecule has 2 aromatic rings. The third kappa shape index (κ3) is 0.228. The Hall–Kier alpha value is -1.32. The first-order valence-corrected chi connectivity index (χ1v) is 1.97. The first-order chi connectivity index (χ1) is 3.79. The van der Waals surface area contributed by atoms with Crippen LogP contribution < -0.4 is 11.3 Å². The second-order valence-corrected chi connectivity index (χ2v) is 1.44. The lowest BCUT2D eigenvalue weighted by Crippen LogP contribution is -1.90. The van der Waals surface area contributed by atoms with Gasteiger partial charge in [-0.1, -0.05) is 0 Å². The molecule has 0 atom stereocenters. The van der Waals surface area contributed by atoms with Gasteiger partial charge in [-0.2, -0.15) is 0 Å². The van der Waals surface area contributed by atoms with Gasteiger partial charge >= 0.3 is 5.82 Å². The first-order valence-electron chi connectivity index (χ1n) is 1.97. The van der Waals surface area contributed by atoms with Gasteiger partial charge < -0.3 is 8.83 Å². The molecule has 0 aliphatic carbocycles. The molecule has 0 aliphatic heterocycles. The van der Waals surface area contributed by atoms with Gasteiger partial charge in [0.05, 0.1) is 0 Å². The van der Waals surface area contributed by atoms with Crippen LogP contribution in [0.25, 0.3) is 11.2 Å². The molecule has 2 rings (SSSR count). The van der Waals surface area contributed by atoms with Crippen molar-refractivity contribution in [1.82, 2.24) is 0 Å². The van der Waals surface area contributed by atoms with E-state index in [-0.39, 0.29) is 16.6 Å². The van der Waals surface area contributed by atoms with E-state index in [0.717, 1.165) is 0 Å². The molecule has 0 radical (unpaired) electrons. The minimum Gasteiger partial charge on any atom is -0.386 e. The molecule has 40 valence electrons. The van der Waals surface area contributed by atoms with Gasteiger partial charge in [0.2, 0.25) is 11.2 Å². The van der Waals surface area contributed by atoms with Crippen LogP contribution >= 0.6 is 0 Å². The molecule has 0 N–H and O–H groups in total. The minimum absolute atomic E-state index is 0.0787. The van der Waals surface area contributed by atoms with E-state index < -0.39 is 5.82 Å². The van der Waals surface area contributed by atoms with Crippen LogP contribution in [-0.2, 0) is 0 Å². The molecule has 0 saturated carbocycles. The van der Waals surface area contributed by atoms with Crippen LogP contribution in [0.15, 0.2) is 18.4 Å². The molecule has 0 fully saturated rings. The highest BCUT2D eigenvalue weighted by Crippen LogP contribution is 2.09. The van der Waals surface area contributed by atoms with Gasteiger partial charge in [-0.05, 0) is 0 Å². The molecular weight excluding hydrogens is 112 g/mol. The van der Waals surface area contributed by atoms with E-state index in [0.29, 0.717) is 0 Å².